The summed E-state index contributed by atoms with van der Waals surface area (Å²) in [6, 6.07) is 0. The van der Waals surface area contributed by atoms with Crippen molar-refractivity contribution in [3.8, 4) is 0 Å². The number of esters is 2. The van der Waals surface area contributed by atoms with E-state index in [4.69, 9.17) is 9.47 Å². The Bertz CT molecular complexity index is 604. The Labute approximate surface area is 167 Å². The molecule has 0 saturated heterocycles. The van der Waals surface area contributed by atoms with Crippen LogP contribution in [0.4, 0.5) is 0 Å². The standard InChI is InChI=1S/C24H32O4/c1-14(21(25)27-23-8-15-2-16(9-23)4-17(3-15)10-23)22(26)28-24-11-18-5-19(12-24)7-20(6-18)13-24/h15-20H,1-13H2. The molecule has 8 aliphatic rings. The molecule has 0 aromatic carbocycles. The van der Waals surface area contributed by atoms with Gasteiger partial charge in [0.15, 0.2) is 0 Å². The first-order chi connectivity index (χ1) is 13.4. The van der Waals surface area contributed by atoms with Gasteiger partial charge < -0.3 is 9.47 Å². The van der Waals surface area contributed by atoms with Gasteiger partial charge in [0, 0.05) is 0 Å². The van der Waals surface area contributed by atoms with Gasteiger partial charge in [-0.1, -0.05) is 6.58 Å². The average molecular weight is 385 g/mol. The zero-order chi connectivity index (χ0) is 19.1. The van der Waals surface area contributed by atoms with Crippen LogP contribution < -0.4 is 0 Å². The maximum Gasteiger partial charge on any atom is 0.345 e. The van der Waals surface area contributed by atoms with Crippen LogP contribution in [0.2, 0.25) is 0 Å². The second-order valence-corrected chi connectivity index (χ2v) is 11.5. The Morgan fingerprint density at radius 2 is 0.821 bits per heavy atom. The summed E-state index contributed by atoms with van der Waals surface area (Å²) in [6.45, 7) is 3.80. The molecule has 0 aromatic heterocycles. The minimum Gasteiger partial charge on any atom is -0.455 e. The van der Waals surface area contributed by atoms with Gasteiger partial charge in [-0.05, 0) is 113 Å². The molecule has 0 N–H and O–H groups in total. The first kappa shape index (κ1) is 17.5. The van der Waals surface area contributed by atoms with Crippen molar-refractivity contribution in [3.63, 3.8) is 0 Å². The molecule has 8 fully saturated rings. The van der Waals surface area contributed by atoms with Crippen molar-refractivity contribution in [2.45, 2.75) is 88.3 Å². The van der Waals surface area contributed by atoms with Crippen LogP contribution in [0.15, 0.2) is 12.2 Å². The highest BCUT2D eigenvalue weighted by Crippen LogP contribution is 2.58. The molecule has 0 radical (unpaired) electrons. The molecule has 152 valence electrons. The lowest BCUT2D eigenvalue weighted by Gasteiger charge is -2.56. The smallest absolute Gasteiger partial charge is 0.345 e. The van der Waals surface area contributed by atoms with Crippen LogP contribution in [0.5, 0.6) is 0 Å². The van der Waals surface area contributed by atoms with Gasteiger partial charge in [0.1, 0.15) is 16.8 Å². The second-order valence-electron chi connectivity index (χ2n) is 11.5. The highest BCUT2D eigenvalue weighted by Gasteiger charge is 2.55. The minimum atomic E-state index is -0.531. The number of rotatable bonds is 4. The van der Waals surface area contributed by atoms with Crippen molar-refractivity contribution in [1.29, 1.82) is 0 Å². The summed E-state index contributed by atoms with van der Waals surface area (Å²) < 4.78 is 12.0. The maximum atomic E-state index is 12.8. The van der Waals surface area contributed by atoms with E-state index in [2.05, 4.69) is 6.58 Å². The molecule has 0 atom stereocenters. The number of carbonyl (C=O) groups is 2. The molecule has 8 aliphatic carbocycles. The van der Waals surface area contributed by atoms with E-state index in [1.165, 1.54) is 38.5 Å². The summed E-state index contributed by atoms with van der Waals surface area (Å²) in [7, 11) is 0. The zero-order valence-electron chi connectivity index (χ0n) is 16.8. The summed E-state index contributed by atoms with van der Waals surface area (Å²) in [5.74, 6) is 3.14. The first-order valence-corrected chi connectivity index (χ1v) is 11.5. The van der Waals surface area contributed by atoms with Crippen molar-refractivity contribution in [1.82, 2.24) is 0 Å². The lowest BCUT2D eigenvalue weighted by atomic mass is 9.54. The largest absolute Gasteiger partial charge is 0.455 e. The number of hydrogen-bond acceptors (Lipinski definition) is 4. The number of ether oxygens (including phenoxy) is 2. The molecule has 4 heteroatoms. The van der Waals surface area contributed by atoms with Crippen molar-refractivity contribution in [3.05, 3.63) is 12.2 Å². The van der Waals surface area contributed by atoms with Gasteiger partial charge in [-0.3, -0.25) is 0 Å². The van der Waals surface area contributed by atoms with Crippen molar-refractivity contribution in [2.75, 3.05) is 0 Å². The van der Waals surface area contributed by atoms with Crippen LogP contribution in [-0.4, -0.2) is 23.1 Å². The topological polar surface area (TPSA) is 52.6 Å². The maximum absolute atomic E-state index is 12.8. The Hall–Kier alpha value is -1.32. The highest BCUT2D eigenvalue weighted by molar-refractivity contribution is 6.13. The predicted molar refractivity (Wildman–Crippen MR) is 103 cm³/mol. The molecule has 28 heavy (non-hydrogen) atoms. The fourth-order valence-corrected chi connectivity index (χ4v) is 8.91. The van der Waals surface area contributed by atoms with Gasteiger partial charge in [0.25, 0.3) is 0 Å². The normalized spacial score (nSPS) is 49.9. The molecule has 8 rings (SSSR count). The Balaban J connectivity index is 1.12. The lowest BCUT2D eigenvalue weighted by molar-refractivity contribution is -0.189. The number of hydrogen-bond donors (Lipinski definition) is 0. The van der Waals surface area contributed by atoms with Gasteiger partial charge in [-0.2, -0.15) is 0 Å². The molecule has 8 bridgehead atoms. The van der Waals surface area contributed by atoms with Crippen LogP contribution >= 0.6 is 0 Å². The Morgan fingerprint density at radius 3 is 1.07 bits per heavy atom. The summed E-state index contributed by atoms with van der Waals surface area (Å²) in [6.07, 6.45) is 13.6. The average Bonchev–Trinajstić information content (AvgIpc) is 2.57. The van der Waals surface area contributed by atoms with E-state index in [0.29, 0.717) is 35.5 Å². The lowest BCUT2D eigenvalue weighted by Crippen LogP contribution is -2.54. The van der Waals surface area contributed by atoms with Crippen LogP contribution in [-0.2, 0) is 19.1 Å². The van der Waals surface area contributed by atoms with E-state index in [-0.39, 0.29) is 16.8 Å². The summed E-state index contributed by atoms with van der Waals surface area (Å²) >= 11 is 0. The van der Waals surface area contributed by atoms with E-state index < -0.39 is 11.9 Å². The molecule has 0 unspecified atom stereocenters. The summed E-state index contributed by atoms with van der Waals surface area (Å²) in [5.41, 5.74) is -0.766. The third-order valence-corrected chi connectivity index (χ3v) is 9.08. The molecule has 8 saturated carbocycles. The molecule has 0 aromatic rings. The molecule has 4 nitrogen and oxygen atoms in total. The van der Waals surface area contributed by atoms with Crippen LogP contribution in [0.3, 0.4) is 0 Å². The second kappa shape index (κ2) is 5.86. The van der Waals surface area contributed by atoms with Crippen molar-refractivity contribution >= 4 is 11.9 Å². The van der Waals surface area contributed by atoms with Crippen molar-refractivity contribution < 1.29 is 19.1 Å². The highest BCUT2D eigenvalue weighted by atomic mass is 16.6. The van der Waals surface area contributed by atoms with E-state index in [9.17, 15) is 9.59 Å². The van der Waals surface area contributed by atoms with Gasteiger partial charge in [0.2, 0.25) is 0 Å². The fraction of sp³-hybridized carbons (Fsp3) is 0.833. The zero-order valence-corrected chi connectivity index (χ0v) is 16.8. The molecule has 0 aliphatic heterocycles. The predicted octanol–water partition coefficient (Wildman–Crippen LogP) is 4.57. The Kier molecular flexibility index (Phi) is 3.67. The summed E-state index contributed by atoms with van der Waals surface area (Å²) in [5, 5.41) is 0. The van der Waals surface area contributed by atoms with Crippen LogP contribution in [0, 0.1) is 35.5 Å². The fourth-order valence-electron chi connectivity index (χ4n) is 8.91. The monoisotopic (exact) mass is 384 g/mol. The third kappa shape index (κ3) is 2.77. The van der Waals surface area contributed by atoms with E-state index in [0.717, 1.165) is 38.5 Å². The van der Waals surface area contributed by atoms with E-state index >= 15 is 0 Å². The van der Waals surface area contributed by atoms with Gasteiger partial charge >= 0.3 is 11.9 Å². The molecule has 0 spiro atoms. The van der Waals surface area contributed by atoms with Crippen molar-refractivity contribution in [2.24, 2.45) is 35.5 Å². The molecular formula is C24H32O4. The quantitative estimate of drug-likeness (QED) is 0.308. The van der Waals surface area contributed by atoms with E-state index in [1.807, 2.05) is 0 Å². The van der Waals surface area contributed by atoms with Gasteiger partial charge in [-0.25, -0.2) is 9.59 Å². The van der Waals surface area contributed by atoms with Gasteiger partial charge in [0.05, 0.1) is 0 Å². The number of carbonyl (C=O) groups excluding carboxylic acids is 2. The van der Waals surface area contributed by atoms with Gasteiger partial charge in [-0.15, -0.1) is 0 Å². The third-order valence-electron chi connectivity index (χ3n) is 9.08. The first-order valence-electron chi connectivity index (χ1n) is 11.5. The molecular weight excluding hydrogens is 352 g/mol. The minimum absolute atomic E-state index is 0.0912. The van der Waals surface area contributed by atoms with E-state index in [1.54, 1.807) is 0 Å². The Morgan fingerprint density at radius 1 is 0.571 bits per heavy atom. The van der Waals surface area contributed by atoms with Crippen LogP contribution in [0.25, 0.3) is 0 Å². The molecule has 0 amide bonds. The van der Waals surface area contributed by atoms with Crippen LogP contribution in [0.1, 0.15) is 77.0 Å². The summed E-state index contributed by atoms with van der Waals surface area (Å²) in [4.78, 5) is 25.7. The molecule has 0 heterocycles. The SMILES string of the molecule is C=C(C(=O)OC12CC3CC(CC(C3)C1)C2)C(=O)OC12CC3CC(CC(C3)C1)C2.